The zero-order chi connectivity index (χ0) is 34.9. The Kier molecular flexibility index (Phi) is 6.81. The summed E-state index contributed by atoms with van der Waals surface area (Å²) in [6.07, 6.45) is 0. The molecular formula is C50H33NSSi. The summed E-state index contributed by atoms with van der Waals surface area (Å²) in [7, 11) is -2.59. The first kappa shape index (κ1) is 30.4. The Hall–Kier alpha value is -6.26. The first-order chi connectivity index (χ1) is 26.3. The molecule has 1 aliphatic heterocycles. The van der Waals surface area contributed by atoms with Crippen LogP contribution in [0, 0.1) is 0 Å². The van der Waals surface area contributed by atoms with Gasteiger partial charge in [-0.25, -0.2) is 0 Å². The Morgan fingerprint density at radius 2 is 0.925 bits per heavy atom. The predicted molar refractivity (Wildman–Crippen MR) is 232 cm³/mol. The maximum atomic E-state index is 2.51. The van der Waals surface area contributed by atoms with Gasteiger partial charge >= 0.3 is 0 Å². The maximum absolute atomic E-state index is 2.59. The second-order valence-corrected chi connectivity index (χ2v) is 18.8. The third-order valence-corrected chi connectivity index (χ3v) is 17.3. The minimum atomic E-state index is -2.59. The van der Waals surface area contributed by atoms with Crippen molar-refractivity contribution in [3.8, 4) is 11.1 Å². The van der Waals surface area contributed by atoms with Gasteiger partial charge in [0.1, 0.15) is 0 Å². The molecule has 9 aromatic carbocycles. The standard InChI is InChI=1S/C50H33NSSi/c1-3-16-37(17-4-1)53(38-18-5-2-6-19-38)49-26-14-12-24-44(49)45-32-35(28-30-50(45)53)51(36-27-29-43-42-23-11-13-25-47(42)52-48(43)33-36)46-31-34-15-7-8-20-39(34)40-21-9-10-22-41(40)46/h1-33H. The largest absolute Gasteiger partial charge is 0.310 e. The van der Waals surface area contributed by atoms with Gasteiger partial charge in [-0.3, -0.25) is 0 Å². The van der Waals surface area contributed by atoms with Gasteiger partial charge in [-0.15, -0.1) is 11.3 Å². The summed E-state index contributed by atoms with van der Waals surface area (Å²) in [5, 5.41) is 13.4. The Balaban J connectivity index is 1.21. The van der Waals surface area contributed by atoms with Gasteiger partial charge in [-0.2, -0.15) is 0 Å². The topological polar surface area (TPSA) is 3.24 Å². The lowest BCUT2D eigenvalue weighted by Gasteiger charge is -2.32. The van der Waals surface area contributed by atoms with Crippen LogP contribution in [0.15, 0.2) is 200 Å². The number of fused-ring (bicyclic) bond motifs is 9. The number of anilines is 3. The van der Waals surface area contributed by atoms with E-state index in [2.05, 4.69) is 205 Å². The van der Waals surface area contributed by atoms with Gasteiger partial charge in [-0.1, -0.05) is 164 Å². The van der Waals surface area contributed by atoms with E-state index >= 15 is 0 Å². The minimum Gasteiger partial charge on any atom is -0.310 e. The fourth-order valence-electron chi connectivity index (χ4n) is 9.08. The summed E-state index contributed by atoms with van der Waals surface area (Å²) in [5.41, 5.74) is 6.17. The van der Waals surface area contributed by atoms with E-state index in [1.807, 2.05) is 11.3 Å². The Morgan fingerprint density at radius 1 is 0.358 bits per heavy atom. The fourth-order valence-corrected chi connectivity index (χ4v) is 15.4. The molecule has 0 unspecified atom stereocenters. The summed E-state index contributed by atoms with van der Waals surface area (Å²) in [4.78, 5) is 2.51. The third kappa shape index (κ3) is 4.48. The van der Waals surface area contributed by atoms with Gasteiger partial charge in [-0.05, 0) is 84.4 Å². The van der Waals surface area contributed by atoms with Crippen molar-refractivity contribution in [2.24, 2.45) is 0 Å². The summed E-state index contributed by atoms with van der Waals surface area (Å²) < 4.78 is 2.62. The highest BCUT2D eigenvalue weighted by atomic mass is 32.1. The third-order valence-electron chi connectivity index (χ3n) is 11.3. The molecular weight excluding hydrogens is 675 g/mol. The number of thiophene rings is 1. The molecule has 0 bridgehead atoms. The lowest BCUT2D eigenvalue weighted by molar-refractivity contribution is 1.31. The molecule has 1 aromatic heterocycles. The lowest BCUT2D eigenvalue weighted by atomic mass is 9.98. The van der Waals surface area contributed by atoms with E-state index in [9.17, 15) is 0 Å². The highest BCUT2D eigenvalue weighted by Gasteiger charge is 2.48. The predicted octanol–water partition coefficient (Wildman–Crippen LogP) is 11.2. The number of nitrogens with zero attached hydrogens (tertiary/aromatic N) is 1. The number of benzene rings is 9. The van der Waals surface area contributed by atoms with Crippen LogP contribution in [0.3, 0.4) is 0 Å². The Morgan fingerprint density at radius 3 is 1.72 bits per heavy atom. The van der Waals surface area contributed by atoms with Gasteiger partial charge in [0, 0.05) is 36.9 Å². The van der Waals surface area contributed by atoms with Crippen LogP contribution in [-0.2, 0) is 0 Å². The highest BCUT2D eigenvalue weighted by molar-refractivity contribution is 7.26. The van der Waals surface area contributed by atoms with Crippen molar-refractivity contribution in [3.05, 3.63) is 200 Å². The van der Waals surface area contributed by atoms with E-state index in [0.717, 1.165) is 11.4 Å². The molecule has 248 valence electrons. The van der Waals surface area contributed by atoms with Gasteiger partial charge in [0.05, 0.1) is 5.69 Å². The molecule has 0 spiro atoms. The number of hydrogen-bond donors (Lipinski definition) is 0. The van der Waals surface area contributed by atoms with Crippen LogP contribution >= 0.6 is 11.3 Å². The molecule has 0 amide bonds. The quantitative estimate of drug-likeness (QED) is 0.127. The van der Waals surface area contributed by atoms with Crippen molar-refractivity contribution in [2.75, 3.05) is 4.90 Å². The van der Waals surface area contributed by atoms with Gasteiger partial charge in [0.25, 0.3) is 0 Å². The molecule has 2 heterocycles. The molecule has 10 aromatic rings. The highest BCUT2D eigenvalue weighted by Crippen LogP contribution is 2.45. The molecule has 0 N–H and O–H groups in total. The Labute approximate surface area is 313 Å². The molecule has 0 fully saturated rings. The molecule has 0 aliphatic carbocycles. The molecule has 0 atom stereocenters. The molecule has 0 radical (unpaired) electrons. The van der Waals surface area contributed by atoms with Crippen LogP contribution < -0.4 is 25.6 Å². The molecule has 0 saturated heterocycles. The van der Waals surface area contributed by atoms with Gasteiger partial charge < -0.3 is 4.90 Å². The zero-order valence-electron chi connectivity index (χ0n) is 28.9. The summed E-state index contributed by atoms with van der Waals surface area (Å²) in [6.45, 7) is 0. The van der Waals surface area contributed by atoms with E-state index in [4.69, 9.17) is 0 Å². The first-order valence-corrected chi connectivity index (χ1v) is 21.1. The van der Waals surface area contributed by atoms with E-state index in [1.54, 1.807) is 0 Å². The van der Waals surface area contributed by atoms with E-state index in [1.165, 1.54) is 79.3 Å². The maximum Gasteiger partial charge on any atom is 0.180 e. The van der Waals surface area contributed by atoms with E-state index < -0.39 is 8.07 Å². The smallest absolute Gasteiger partial charge is 0.180 e. The second kappa shape index (κ2) is 11.9. The van der Waals surface area contributed by atoms with Crippen LogP contribution in [0.25, 0.3) is 52.8 Å². The first-order valence-electron chi connectivity index (χ1n) is 18.3. The van der Waals surface area contributed by atoms with Gasteiger partial charge in [0.15, 0.2) is 8.07 Å². The van der Waals surface area contributed by atoms with Crippen LogP contribution in [-0.4, -0.2) is 8.07 Å². The number of rotatable bonds is 5. The summed E-state index contributed by atoms with van der Waals surface area (Å²) >= 11 is 1.87. The van der Waals surface area contributed by atoms with Crippen molar-refractivity contribution < 1.29 is 0 Å². The van der Waals surface area contributed by atoms with Gasteiger partial charge in [0.2, 0.25) is 0 Å². The fraction of sp³-hybridized carbons (Fsp3) is 0. The molecule has 1 aliphatic rings. The molecule has 3 heteroatoms. The SMILES string of the molecule is c1ccc([Si]2(c3ccccc3)c3ccccc3-c3cc(N(c4ccc5c(c4)sc4ccccc45)c4cc5ccccc5c5ccccc45)ccc32)cc1. The average molecular weight is 708 g/mol. The summed E-state index contributed by atoms with van der Waals surface area (Å²) in [6, 6.07) is 74.9. The van der Waals surface area contributed by atoms with Crippen molar-refractivity contribution >= 4 is 98.9 Å². The van der Waals surface area contributed by atoms with E-state index in [0.29, 0.717) is 0 Å². The van der Waals surface area contributed by atoms with Crippen LogP contribution in [0.2, 0.25) is 0 Å². The average Bonchev–Trinajstić information content (AvgIpc) is 3.75. The summed E-state index contributed by atoms with van der Waals surface area (Å²) in [5.74, 6) is 0. The number of hydrogen-bond acceptors (Lipinski definition) is 2. The molecule has 53 heavy (non-hydrogen) atoms. The van der Waals surface area contributed by atoms with E-state index in [-0.39, 0.29) is 0 Å². The van der Waals surface area contributed by atoms with Crippen molar-refractivity contribution in [1.29, 1.82) is 0 Å². The minimum absolute atomic E-state index is 1.16. The van der Waals surface area contributed by atoms with Crippen LogP contribution in [0.1, 0.15) is 0 Å². The normalized spacial score (nSPS) is 13.1. The zero-order valence-corrected chi connectivity index (χ0v) is 30.7. The molecule has 11 rings (SSSR count). The Bertz CT molecular complexity index is 2980. The van der Waals surface area contributed by atoms with Crippen molar-refractivity contribution in [2.45, 2.75) is 0 Å². The van der Waals surface area contributed by atoms with Crippen LogP contribution in [0.5, 0.6) is 0 Å². The lowest BCUT2D eigenvalue weighted by Crippen LogP contribution is -2.72. The van der Waals surface area contributed by atoms with Crippen molar-refractivity contribution in [1.82, 2.24) is 0 Å². The van der Waals surface area contributed by atoms with Crippen LogP contribution in [0.4, 0.5) is 17.1 Å². The second-order valence-electron chi connectivity index (χ2n) is 14.0. The molecule has 0 saturated carbocycles. The van der Waals surface area contributed by atoms with Crippen molar-refractivity contribution in [3.63, 3.8) is 0 Å². The molecule has 1 nitrogen and oxygen atoms in total. The monoisotopic (exact) mass is 707 g/mol.